The summed E-state index contributed by atoms with van der Waals surface area (Å²) in [5.41, 5.74) is 0.469. The molecule has 0 radical (unpaired) electrons. The van der Waals surface area contributed by atoms with Crippen molar-refractivity contribution in [3.8, 4) is 0 Å². The van der Waals surface area contributed by atoms with Crippen molar-refractivity contribution in [3.05, 3.63) is 27.5 Å². The van der Waals surface area contributed by atoms with Crippen LogP contribution in [0.25, 0.3) is 0 Å². The highest BCUT2D eigenvalue weighted by atomic mass is 79.9. The molecule has 1 amide bonds. The Kier molecular flexibility index (Phi) is 4.85. The van der Waals surface area contributed by atoms with E-state index in [2.05, 4.69) is 27.8 Å². The number of aromatic nitrogens is 1. The van der Waals surface area contributed by atoms with E-state index >= 15 is 0 Å². The van der Waals surface area contributed by atoms with E-state index in [9.17, 15) is 4.79 Å². The summed E-state index contributed by atoms with van der Waals surface area (Å²) in [6, 6.07) is 2.04. The molecular formula is C14H18BrClN2O. The summed E-state index contributed by atoms with van der Waals surface area (Å²) in [7, 11) is 1.87. The van der Waals surface area contributed by atoms with Gasteiger partial charge in [-0.1, -0.05) is 31.4 Å². The molecule has 1 aromatic heterocycles. The third-order valence-electron chi connectivity index (χ3n) is 3.92. The Labute approximate surface area is 127 Å². The lowest BCUT2D eigenvalue weighted by Gasteiger charge is -2.36. The minimum absolute atomic E-state index is 0.0439. The van der Waals surface area contributed by atoms with Crippen LogP contribution in [0.2, 0.25) is 5.15 Å². The van der Waals surface area contributed by atoms with Crippen LogP contribution >= 0.6 is 27.5 Å². The third kappa shape index (κ3) is 3.29. The second-order valence-corrected chi connectivity index (χ2v) is 6.51. The fourth-order valence-corrected chi connectivity index (χ4v) is 3.30. The van der Waals surface area contributed by atoms with E-state index in [-0.39, 0.29) is 11.1 Å². The van der Waals surface area contributed by atoms with Crippen molar-refractivity contribution in [1.82, 2.24) is 9.88 Å². The van der Waals surface area contributed by atoms with Crippen LogP contribution in [0.1, 0.15) is 43.0 Å². The Hall–Kier alpha value is -0.610. The summed E-state index contributed by atoms with van der Waals surface area (Å²) in [4.78, 5) is 18.4. The molecule has 0 bridgehead atoms. The molecule has 0 N–H and O–H groups in total. The van der Waals surface area contributed by atoms with E-state index in [0.717, 1.165) is 10.9 Å². The summed E-state index contributed by atoms with van der Waals surface area (Å²) in [5.74, 6) is 0.499. The molecule has 1 aliphatic rings. The van der Waals surface area contributed by atoms with Crippen molar-refractivity contribution in [2.45, 2.75) is 38.6 Å². The number of amides is 1. The normalized spacial score (nSPS) is 23.2. The highest BCUT2D eigenvalue weighted by molar-refractivity contribution is 9.10. The molecule has 0 aromatic carbocycles. The molecule has 2 rings (SSSR count). The summed E-state index contributed by atoms with van der Waals surface area (Å²) in [5, 5.41) is 0.267. The van der Waals surface area contributed by atoms with Crippen molar-refractivity contribution < 1.29 is 4.79 Å². The molecule has 0 spiro atoms. The minimum atomic E-state index is -0.0439. The molecule has 0 aliphatic heterocycles. The molecule has 1 aliphatic carbocycles. The van der Waals surface area contributed by atoms with E-state index < -0.39 is 0 Å². The van der Waals surface area contributed by atoms with Gasteiger partial charge in [0.15, 0.2) is 0 Å². The lowest BCUT2D eigenvalue weighted by molar-refractivity contribution is 0.0628. The second kappa shape index (κ2) is 6.23. The summed E-state index contributed by atoms with van der Waals surface area (Å²) in [6.45, 7) is 2.22. The fourth-order valence-electron chi connectivity index (χ4n) is 2.79. The van der Waals surface area contributed by atoms with Crippen LogP contribution in [0.4, 0.5) is 0 Å². The molecule has 3 nitrogen and oxygen atoms in total. The zero-order valence-electron chi connectivity index (χ0n) is 11.2. The molecule has 19 heavy (non-hydrogen) atoms. The number of hydrogen-bond donors (Lipinski definition) is 0. The van der Waals surface area contributed by atoms with E-state index in [0.29, 0.717) is 17.5 Å². The van der Waals surface area contributed by atoms with Crippen molar-refractivity contribution in [2.24, 2.45) is 5.92 Å². The number of hydrogen-bond acceptors (Lipinski definition) is 2. The maximum atomic E-state index is 12.5. The van der Waals surface area contributed by atoms with E-state index in [1.807, 2.05) is 11.9 Å². The number of halogens is 2. The monoisotopic (exact) mass is 344 g/mol. The first-order chi connectivity index (χ1) is 9.00. The predicted molar refractivity (Wildman–Crippen MR) is 80.5 cm³/mol. The van der Waals surface area contributed by atoms with Gasteiger partial charge in [-0.05, 0) is 40.8 Å². The van der Waals surface area contributed by atoms with Gasteiger partial charge in [0.25, 0.3) is 5.91 Å². The maximum Gasteiger partial charge on any atom is 0.257 e. The van der Waals surface area contributed by atoms with Crippen molar-refractivity contribution in [2.75, 3.05) is 7.05 Å². The lowest BCUT2D eigenvalue weighted by Crippen LogP contribution is -2.42. The molecule has 1 heterocycles. The predicted octanol–water partition coefficient (Wildman–Crippen LogP) is 4.15. The Morgan fingerprint density at radius 3 is 2.84 bits per heavy atom. The Morgan fingerprint density at radius 1 is 1.47 bits per heavy atom. The lowest BCUT2D eigenvalue weighted by atomic mass is 9.85. The number of rotatable bonds is 2. The maximum absolute atomic E-state index is 12.5. The molecule has 1 saturated carbocycles. The quantitative estimate of drug-likeness (QED) is 0.754. The van der Waals surface area contributed by atoms with E-state index in [4.69, 9.17) is 11.6 Å². The number of nitrogens with zero attached hydrogens (tertiary/aromatic N) is 2. The summed E-state index contributed by atoms with van der Waals surface area (Å²) in [6.07, 6.45) is 6.31. The molecule has 0 saturated heterocycles. The van der Waals surface area contributed by atoms with Gasteiger partial charge in [0.1, 0.15) is 5.15 Å². The van der Waals surface area contributed by atoms with Crippen LogP contribution in [0.15, 0.2) is 16.7 Å². The van der Waals surface area contributed by atoms with Gasteiger partial charge >= 0.3 is 0 Å². The van der Waals surface area contributed by atoms with Crippen LogP contribution in [-0.2, 0) is 0 Å². The summed E-state index contributed by atoms with van der Waals surface area (Å²) < 4.78 is 0.769. The molecule has 2 unspecified atom stereocenters. The standard InChI is InChI=1S/C14H18BrClN2O/c1-9-5-3-4-6-12(9)18(2)14(19)11-7-10(15)8-17-13(11)16/h7-9,12H,3-6H2,1-2H3. The first kappa shape index (κ1) is 14.8. The third-order valence-corrected chi connectivity index (χ3v) is 4.65. The van der Waals surface area contributed by atoms with Crippen LogP contribution in [0, 0.1) is 5.92 Å². The average Bonchev–Trinajstić information content (AvgIpc) is 2.40. The van der Waals surface area contributed by atoms with Gasteiger partial charge in [0.05, 0.1) is 5.56 Å². The van der Waals surface area contributed by atoms with Crippen LogP contribution in [-0.4, -0.2) is 28.9 Å². The smallest absolute Gasteiger partial charge is 0.257 e. The number of carbonyl (C=O) groups excluding carboxylic acids is 1. The Balaban J connectivity index is 2.20. The topological polar surface area (TPSA) is 33.2 Å². The van der Waals surface area contributed by atoms with Gasteiger partial charge in [-0.2, -0.15) is 0 Å². The Bertz CT molecular complexity index is 481. The molecule has 104 valence electrons. The highest BCUT2D eigenvalue weighted by Gasteiger charge is 2.29. The first-order valence-corrected chi connectivity index (χ1v) is 7.76. The van der Waals surface area contributed by atoms with Crippen molar-refractivity contribution >= 4 is 33.4 Å². The van der Waals surface area contributed by atoms with Gasteiger partial charge in [-0.15, -0.1) is 0 Å². The zero-order chi connectivity index (χ0) is 14.0. The average molecular weight is 346 g/mol. The van der Waals surface area contributed by atoms with E-state index in [1.54, 1.807) is 12.3 Å². The van der Waals surface area contributed by atoms with Crippen LogP contribution in [0.5, 0.6) is 0 Å². The highest BCUT2D eigenvalue weighted by Crippen LogP contribution is 2.29. The number of carbonyl (C=O) groups is 1. The van der Waals surface area contributed by atoms with Gasteiger partial charge in [0.2, 0.25) is 0 Å². The number of pyridine rings is 1. The van der Waals surface area contributed by atoms with Crippen LogP contribution < -0.4 is 0 Å². The van der Waals surface area contributed by atoms with Gasteiger partial charge in [-0.25, -0.2) is 4.98 Å². The molecule has 5 heteroatoms. The van der Waals surface area contributed by atoms with Gasteiger partial charge in [-0.3, -0.25) is 4.79 Å². The Morgan fingerprint density at radius 2 is 2.16 bits per heavy atom. The SMILES string of the molecule is CC1CCCCC1N(C)C(=O)c1cc(Br)cnc1Cl. The van der Waals surface area contributed by atoms with E-state index in [1.165, 1.54) is 19.3 Å². The van der Waals surface area contributed by atoms with Gasteiger partial charge < -0.3 is 4.90 Å². The summed E-state index contributed by atoms with van der Waals surface area (Å²) >= 11 is 9.36. The molecule has 1 fully saturated rings. The largest absolute Gasteiger partial charge is 0.338 e. The minimum Gasteiger partial charge on any atom is -0.338 e. The second-order valence-electron chi connectivity index (χ2n) is 5.24. The van der Waals surface area contributed by atoms with Gasteiger partial charge in [0, 0.05) is 23.8 Å². The first-order valence-electron chi connectivity index (χ1n) is 6.59. The molecule has 1 aromatic rings. The zero-order valence-corrected chi connectivity index (χ0v) is 13.5. The fraction of sp³-hybridized carbons (Fsp3) is 0.571. The molecular weight excluding hydrogens is 328 g/mol. The molecule has 2 atom stereocenters. The van der Waals surface area contributed by atoms with Crippen molar-refractivity contribution in [1.29, 1.82) is 0 Å². The van der Waals surface area contributed by atoms with Crippen molar-refractivity contribution in [3.63, 3.8) is 0 Å². The van der Waals surface area contributed by atoms with Crippen LogP contribution in [0.3, 0.4) is 0 Å².